The number of halogens is 1. The number of amides is 2. The van der Waals surface area contributed by atoms with Gasteiger partial charge < -0.3 is 20.7 Å². The van der Waals surface area contributed by atoms with E-state index in [2.05, 4.69) is 10.2 Å². The van der Waals surface area contributed by atoms with Gasteiger partial charge in [-0.2, -0.15) is 0 Å². The standard InChI is InChI=1S/C23H31FN4O3/c1-13-18(24)7-6-16-12-17(14(2)26-22(30)31-23(3,4)5)21(27-19(13)16)28-10-8-15(9-11-28)20(25)29/h6-7,12,14-15H,8-11H2,1-5H3,(H2,25,29)(H,26,30)/t14-/m0/s1. The molecule has 1 aliphatic rings. The molecule has 2 amide bonds. The molecule has 0 radical (unpaired) electrons. The average molecular weight is 431 g/mol. The van der Waals surface area contributed by atoms with Crippen LogP contribution in [0.4, 0.5) is 15.0 Å². The number of alkyl carbamates (subject to hydrolysis) is 1. The Morgan fingerprint density at radius 3 is 2.52 bits per heavy atom. The zero-order valence-electron chi connectivity index (χ0n) is 18.8. The van der Waals surface area contributed by atoms with E-state index in [1.165, 1.54) is 6.07 Å². The van der Waals surface area contributed by atoms with Crippen LogP contribution in [0.5, 0.6) is 0 Å². The first-order valence-electron chi connectivity index (χ1n) is 10.6. The Hall–Kier alpha value is -2.90. The van der Waals surface area contributed by atoms with Gasteiger partial charge in [-0.25, -0.2) is 14.2 Å². The number of primary amides is 1. The molecule has 168 valence electrons. The van der Waals surface area contributed by atoms with Crippen molar-refractivity contribution in [2.75, 3.05) is 18.0 Å². The second-order valence-corrected chi connectivity index (χ2v) is 9.18. The highest BCUT2D eigenvalue weighted by Gasteiger charge is 2.28. The molecule has 1 aromatic heterocycles. The highest BCUT2D eigenvalue weighted by molar-refractivity contribution is 5.85. The molecule has 2 aromatic rings. The topological polar surface area (TPSA) is 97.5 Å². The van der Waals surface area contributed by atoms with Gasteiger partial charge in [0.1, 0.15) is 17.2 Å². The lowest BCUT2D eigenvalue weighted by Crippen LogP contribution is -2.40. The summed E-state index contributed by atoms with van der Waals surface area (Å²) in [5.74, 6) is -0.0837. The van der Waals surface area contributed by atoms with Crippen LogP contribution in [-0.2, 0) is 9.53 Å². The lowest BCUT2D eigenvalue weighted by molar-refractivity contribution is -0.122. The molecule has 31 heavy (non-hydrogen) atoms. The first-order chi connectivity index (χ1) is 14.5. The van der Waals surface area contributed by atoms with Crippen molar-refractivity contribution in [3.05, 3.63) is 35.1 Å². The molecule has 0 saturated carbocycles. The number of hydrogen-bond donors (Lipinski definition) is 2. The van der Waals surface area contributed by atoms with Crippen LogP contribution in [0.2, 0.25) is 0 Å². The number of pyridine rings is 1. The van der Waals surface area contributed by atoms with Gasteiger partial charge in [-0.05, 0) is 65.7 Å². The summed E-state index contributed by atoms with van der Waals surface area (Å²) in [6, 6.07) is 4.66. The average Bonchev–Trinajstić information content (AvgIpc) is 2.68. The van der Waals surface area contributed by atoms with Crippen LogP contribution in [0.15, 0.2) is 18.2 Å². The van der Waals surface area contributed by atoms with Gasteiger partial charge in [-0.15, -0.1) is 0 Å². The fourth-order valence-corrected chi connectivity index (χ4v) is 3.87. The number of rotatable bonds is 4. The fourth-order valence-electron chi connectivity index (χ4n) is 3.87. The van der Waals surface area contributed by atoms with E-state index in [0.717, 1.165) is 10.9 Å². The summed E-state index contributed by atoms with van der Waals surface area (Å²) >= 11 is 0. The van der Waals surface area contributed by atoms with Crippen LogP contribution in [0, 0.1) is 18.7 Å². The molecule has 7 nitrogen and oxygen atoms in total. The van der Waals surface area contributed by atoms with Gasteiger partial charge in [0.15, 0.2) is 0 Å². The van der Waals surface area contributed by atoms with Crippen molar-refractivity contribution < 1.29 is 18.7 Å². The SMILES string of the molecule is Cc1c(F)ccc2cc([C@H](C)NC(=O)OC(C)(C)C)c(N3CCC(C(N)=O)CC3)nc12. The number of aryl methyl sites for hydroxylation is 1. The monoisotopic (exact) mass is 430 g/mol. The molecule has 1 aliphatic heterocycles. The summed E-state index contributed by atoms with van der Waals surface area (Å²) in [5.41, 5.74) is 6.73. The van der Waals surface area contributed by atoms with Crippen LogP contribution in [0.1, 0.15) is 57.7 Å². The van der Waals surface area contributed by atoms with Gasteiger partial charge in [0.05, 0.1) is 11.6 Å². The molecule has 1 atom stereocenters. The van der Waals surface area contributed by atoms with Crippen molar-refractivity contribution in [3.63, 3.8) is 0 Å². The maximum absolute atomic E-state index is 14.2. The summed E-state index contributed by atoms with van der Waals surface area (Å²) in [4.78, 5) is 30.8. The molecular formula is C23H31FN4O3. The molecule has 2 heterocycles. The number of fused-ring (bicyclic) bond motifs is 1. The van der Waals surface area contributed by atoms with Crippen molar-refractivity contribution in [2.24, 2.45) is 11.7 Å². The van der Waals surface area contributed by atoms with Crippen LogP contribution in [-0.4, -0.2) is 35.7 Å². The van der Waals surface area contributed by atoms with Crippen molar-refractivity contribution >= 4 is 28.7 Å². The number of carbonyl (C=O) groups excluding carboxylic acids is 2. The Labute approximate surface area is 182 Å². The summed E-state index contributed by atoms with van der Waals surface area (Å²) in [6.45, 7) is 10.2. The van der Waals surface area contributed by atoms with Crippen LogP contribution in [0.25, 0.3) is 10.9 Å². The lowest BCUT2D eigenvalue weighted by atomic mass is 9.95. The van der Waals surface area contributed by atoms with E-state index in [0.29, 0.717) is 42.8 Å². The minimum Gasteiger partial charge on any atom is -0.444 e. The number of anilines is 1. The zero-order valence-corrected chi connectivity index (χ0v) is 18.8. The Morgan fingerprint density at radius 2 is 1.94 bits per heavy atom. The number of aromatic nitrogens is 1. The number of ether oxygens (including phenoxy) is 1. The summed E-state index contributed by atoms with van der Waals surface area (Å²) < 4.78 is 19.6. The number of nitrogens with zero attached hydrogens (tertiary/aromatic N) is 2. The van der Waals surface area contributed by atoms with Gasteiger partial charge in [-0.3, -0.25) is 4.79 Å². The third kappa shape index (κ3) is 5.24. The summed E-state index contributed by atoms with van der Waals surface area (Å²) in [7, 11) is 0. The Morgan fingerprint density at radius 1 is 1.29 bits per heavy atom. The third-order valence-corrected chi connectivity index (χ3v) is 5.58. The second-order valence-electron chi connectivity index (χ2n) is 9.18. The quantitative estimate of drug-likeness (QED) is 0.765. The van der Waals surface area contributed by atoms with E-state index in [-0.39, 0.29) is 23.7 Å². The van der Waals surface area contributed by atoms with Crippen molar-refractivity contribution in [2.45, 2.75) is 59.1 Å². The molecule has 0 spiro atoms. The van der Waals surface area contributed by atoms with Crippen LogP contribution >= 0.6 is 0 Å². The van der Waals surface area contributed by atoms with E-state index in [4.69, 9.17) is 15.5 Å². The predicted octanol–water partition coefficient (Wildman–Crippen LogP) is 3.97. The molecule has 1 saturated heterocycles. The Bertz CT molecular complexity index is 994. The van der Waals surface area contributed by atoms with Gasteiger partial charge >= 0.3 is 6.09 Å². The first-order valence-corrected chi connectivity index (χ1v) is 10.6. The number of nitrogens with two attached hydrogens (primary N) is 1. The van der Waals surface area contributed by atoms with Gasteiger partial charge in [0, 0.05) is 35.5 Å². The second kappa shape index (κ2) is 8.69. The van der Waals surface area contributed by atoms with Gasteiger partial charge in [0.25, 0.3) is 0 Å². The summed E-state index contributed by atoms with van der Waals surface area (Å²) in [6.07, 6.45) is 0.739. The van der Waals surface area contributed by atoms with Gasteiger partial charge in [0.2, 0.25) is 5.91 Å². The minimum absolute atomic E-state index is 0.156. The molecular weight excluding hydrogens is 399 g/mol. The third-order valence-electron chi connectivity index (χ3n) is 5.58. The molecule has 3 rings (SSSR count). The maximum Gasteiger partial charge on any atom is 0.408 e. The maximum atomic E-state index is 14.2. The molecule has 1 aromatic carbocycles. The molecule has 8 heteroatoms. The molecule has 3 N–H and O–H groups in total. The molecule has 1 fully saturated rings. The van der Waals surface area contributed by atoms with Crippen molar-refractivity contribution in [1.82, 2.24) is 10.3 Å². The zero-order chi connectivity index (χ0) is 22.9. The highest BCUT2D eigenvalue weighted by atomic mass is 19.1. The van der Waals surface area contributed by atoms with E-state index in [9.17, 15) is 14.0 Å². The van der Waals surface area contributed by atoms with E-state index >= 15 is 0 Å². The summed E-state index contributed by atoms with van der Waals surface area (Å²) in [5, 5.41) is 3.67. The van der Waals surface area contributed by atoms with Crippen molar-refractivity contribution in [1.29, 1.82) is 0 Å². The highest BCUT2D eigenvalue weighted by Crippen LogP contribution is 2.33. The number of piperidine rings is 1. The predicted molar refractivity (Wildman–Crippen MR) is 118 cm³/mol. The molecule has 0 unspecified atom stereocenters. The first kappa shape index (κ1) is 22.8. The minimum atomic E-state index is -0.612. The van der Waals surface area contributed by atoms with E-state index in [1.807, 2.05) is 13.0 Å². The normalized spacial score (nSPS) is 16.3. The Kier molecular flexibility index (Phi) is 6.38. The molecule has 0 bridgehead atoms. The lowest BCUT2D eigenvalue weighted by Gasteiger charge is -2.34. The number of benzene rings is 1. The van der Waals surface area contributed by atoms with Gasteiger partial charge in [-0.1, -0.05) is 0 Å². The molecule has 0 aliphatic carbocycles. The van der Waals surface area contributed by atoms with Crippen LogP contribution < -0.4 is 16.0 Å². The number of hydrogen-bond acceptors (Lipinski definition) is 5. The van der Waals surface area contributed by atoms with E-state index < -0.39 is 11.7 Å². The van der Waals surface area contributed by atoms with Crippen LogP contribution in [0.3, 0.4) is 0 Å². The fraction of sp³-hybridized carbons (Fsp3) is 0.522. The largest absolute Gasteiger partial charge is 0.444 e. The smallest absolute Gasteiger partial charge is 0.408 e. The number of nitrogens with one attached hydrogen (secondary N) is 1. The van der Waals surface area contributed by atoms with E-state index in [1.54, 1.807) is 33.8 Å². The number of carbonyl (C=O) groups is 2. The Balaban J connectivity index is 1.98. The van der Waals surface area contributed by atoms with Crippen molar-refractivity contribution in [3.8, 4) is 0 Å².